The molecule has 70 valence electrons. The smallest absolute Gasteiger partial charge is 0.125 e. The Morgan fingerprint density at radius 2 is 2.31 bits per heavy atom. The van der Waals surface area contributed by atoms with Crippen molar-refractivity contribution in [3.63, 3.8) is 0 Å². The number of benzene rings is 1. The lowest BCUT2D eigenvalue weighted by Crippen LogP contribution is -2.35. The van der Waals surface area contributed by atoms with E-state index in [0.29, 0.717) is 0 Å². The molecule has 2 atom stereocenters. The first-order valence-electron chi connectivity index (χ1n) is 4.05. The van der Waals surface area contributed by atoms with Crippen molar-refractivity contribution in [1.29, 1.82) is 0 Å². The van der Waals surface area contributed by atoms with E-state index in [1.807, 2.05) is 18.2 Å². The zero-order valence-electron chi connectivity index (χ0n) is 6.90. The molecule has 0 radical (unpaired) electrons. The molecule has 0 fully saturated rings. The Kier molecular flexibility index (Phi) is 2.27. The highest BCUT2D eigenvalue weighted by Crippen LogP contribution is 2.35. The summed E-state index contributed by atoms with van der Waals surface area (Å²) in [7, 11) is 0. The molecule has 3 N–H and O–H groups in total. The van der Waals surface area contributed by atoms with Gasteiger partial charge in [-0.2, -0.15) is 0 Å². The highest BCUT2D eigenvalue weighted by atomic mass is 79.9. The normalized spacial score (nSPS) is 26.4. The molecule has 1 aliphatic heterocycles. The number of ether oxygens (including phenoxy) is 1. The summed E-state index contributed by atoms with van der Waals surface area (Å²) in [6.45, 7) is 0.268. The Morgan fingerprint density at radius 1 is 1.54 bits per heavy atom. The fourth-order valence-electron chi connectivity index (χ4n) is 1.44. The van der Waals surface area contributed by atoms with Gasteiger partial charge >= 0.3 is 0 Å². The van der Waals surface area contributed by atoms with E-state index in [9.17, 15) is 5.11 Å². The van der Waals surface area contributed by atoms with Crippen LogP contribution in [0.1, 0.15) is 11.6 Å². The molecule has 1 aromatic rings. The standard InChI is InChI=1S/C9H10BrNO2/c10-5-2-1-3-7-8(5)9(11)6(12)4-13-7/h1-3,6,9,12H,4,11H2/t6-,9-/m0/s1. The highest BCUT2D eigenvalue weighted by Gasteiger charge is 2.27. The fourth-order valence-corrected chi connectivity index (χ4v) is 2.05. The van der Waals surface area contributed by atoms with E-state index in [1.54, 1.807) is 0 Å². The number of hydrogen-bond donors (Lipinski definition) is 2. The number of halogens is 1. The second-order valence-corrected chi connectivity index (χ2v) is 3.91. The minimum atomic E-state index is -0.619. The predicted molar refractivity (Wildman–Crippen MR) is 52.6 cm³/mol. The van der Waals surface area contributed by atoms with Crippen LogP contribution < -0.4 is 10.5 Å². The molecular weight excluding hydrogens is 234 g/mol. The van der Waals surface area contributed by atoms with Crippen LogP contribution in [-0.4, -0.2) is 17.8 Å². The van der Waals surface area contributed by atoms with Gasteiger partial charge in [0, 0.05) is 10.0 Å². The van der Waals surface area contributed by atoms with Crippen LogP contribution in [0.15, 0.2) is 22.7 Å². The zero-order valence-corrected chi connectivity index (χ0v) is 8.49. The largest absolute Gasteiger partial charge is 0.490 e. The van der Waals surface area contributed by atoms with Gasteiger partial charge in [-0.1, -0.05) is 22.0 Å². The Hall–Kier alpha value is -0.580. The van der Waals surface area contributed by atoms with Crippen molar-refractivity contribution in [1.82, 2.24) is 0 Å². The number of aliphatic hydroxyl groups excluding tert-OH is 1. The lowest BCUT2D eigenvalue weighted by atomic mass is 9.99. The topological polar surface area (TPSA) is 55.5 Å². The molecule has 0 spiro atoms. The zero-order chi connectivity index (χ0) is 9.42. The van der Waals surface area contributed by atoms with Crippen molar-refractivity contribution in [2.75, 3.05) is 6.61 Å². The van der Waals surface area contributed by atoms with Gasteiger partial charge in [0.25, 0.3) is 0 Å². The van der Waals surface area contributed by atoms with Gasteiger partial charge in [0.2, 0.25) is 0 Å². The summed E-state index contributed by atoms with van der Waals surface area (Å²) < 4.78 is 6.21. The lowest BCUT2D eigenvalue weighted by molar-refractivity contribution is 0.0675. The van der Waals surface area contributed by atoms with Crippen LogP contribution in [0, 0.1) is 0 Å². The van der Waals surface area contributed by atoms with Crippen LogP contribution in [0.2, 0.25) is 0 Å². The maximum atomic E-state index is 9.48. The van der Waals surface area contributed by atoms with E-state index in [-0.39, 0.29) is 12.6 Å². The minimum absolute atomic E-state index is 0.268. The first kappa shape index (κ1) is 8.99. The van der Waals surface area contributed by atoms with Crippen molar-refractivity contribution in [2.24, 2.45) is 5.73 Å². The summed E-state index contributed by atoms with van der Waals surface area (Å²) in [5.74, 6) is 0.757. The van der Waals surface area contributed by atoms with Gasteiger partial charge in [-0.3, -0.25) is 0 Å². The third-order valence-electron chi connectivity index (χ3n) is 2.17. The summed E-state index contributed by atoms with van der Waals surface area (Å²) >= 11 is 3.38. The molecule has 2 rings (SSSR count). The summed E-state index contributed by atoms with van der Waals surface area (Å²) in [5, 5.41) is 9.48. The maximum absolute atomic E-state index is 9.48. The van der Waals surface area contributed by atoms with Gasteiger partial charge in [-0.15, -0.1) is 0 Å². The second kappa shape index (κ2) is 3.29. The number of rotatable bonds is 0. The van der Waals surface area contributed by atoms with Gasteiger partial charge in [0.15, 0.2) is 0 Å². The predicted octanol–water partition coefficient (Wildman–Crippen LogP) is 1.20. The van der Waals surface area contributed by atoms with E-state index in [0.717, 1.165) is 15.8 Å². The first-order valence-corrected chi connectivity index (χ1v) is 4.84. The monoisotopic (exact) mass is 243 g/mol. The molecule has 0 aromatic heterocycles. The molecular formula is C9H10BrNO2. The van der Waals surface area contributed by atoms with Crippen molar-refractivity contribution in [3.05, 3.63) is 28.2 Å². The number of nitrogens with two attached hydrogens (primary N) is 1. The van der Waals surface area contributed by atoms with Crippen molar-refractivity contribution < 1.29 is 9.84 Å². The van der Waals surface area contributed by atoms with E-state index < -0.39 is 6.10 Å². The molecule has 1 aromatic carbocycles. The van der Waals surface area contributed by atoms with Crippen molar-refractivity contribution >= 4 is 15.9 Å². The Balaban J connectivity index is 2.51. The van der Waals surface area contributed by atoms with Gasteiger partial charge in [0.1, 0.15) is 18.5 Å². The third-order valence-corrected chi connectivity index (χ3v) is 2.86. The Bertz CT molecular complexity index is 329. The van der Waals surface area contributed by atoms with E-state index in [4.69, 9.17) is 10.5 Å². The van der Waals surface area contributed by atoms with Gasteiger partial charge in [-0.25, -0.2) is 0 Å². The molecule has 13 heavy (non-hydrogen) atoms. The van der Waals surface area contributed by atoms with E-state index in [1.165, 1.54) is 0 Å². The molecule has 1 aliphatic rings. The van der Waals surface area contributed by atoms with Gasteiger partial charge in [-0.05, 0) is 12.1 Å². The molecule has 0 unspecified atom stereocenters. The average molecular weight is 244 g/mol. The minimum Gasteiger partial charge on any atom is -0.490 e. The van der Waals surface area contributed by atoms with Gasteiger partial charge < -0.3 is 15.6 Å². The van der Waals surface area contributed by atoms with Crippen molar-refractivity contribution in [2.45, 2.75) is 12.1 Å². The van der Waals surface area contributed by atoms with Gasteiger partial charge in [0.05, 0.1) is 6.04 Å². The molecule has 0 bridgehead atoms. The van der Waals surface area contributed by atoms with E-state index in [2.05, 4.69) is 15.9 Å². The highest BCUT2D eigenvalue weighted by molar-refractivity contribution is 9.10. The molecule has 0 amide bonds. The Morgan fingerprint density at radius 3 is 3.08 bits per heavy atom. The lowest BCUT2D eigenvalue weighted by Gasteiger charge is -2.28. The van der Waals surface area contributed by atoms with Crippen LogP contribution in [0.25, 0.3) is 0 Å². The third kappa shape index (κ3) is 1.45. The molecule has 3 nitrogen and oxygen atoms in total. The number of aliphatic hydroxyl groups is 1. The summed E-state index contributed by atoms with van der Waals surface area (Å²) in [6, 6.07) is 5.26. The van der Waals surface area contributed by atoms with Crippen LogP contribution >= 0.6 is 15.9 Å². The average Bonchev–Trinajstić information content (AvgIpc) is 2.12. The maximum Gasteiger partial charge on any atom is 0.125 e. The van der Waals surface area contributed by atoms with Crippen LogP contribution in [0.3, 0.4) is 0 Å². The number of fused-ring (bicyclic) bond motifs is 1. The van der Waals surface area contributed by atoms with E-state index >= 15 is 0 Å². The first-order chi connectivity index (χ1) is 6.20. The van der Waals surface area contributed by atoms with Crippen LogP contribution in [0.5, 0.6) is 5.75 Å². The summed E-state index contributed by atoms with van der Waals surface area (Å²) in [5.41, 5.74) is 6.68. The van der Waals surface area contributed by atoms with Crippen molar-refractivity contribution in [3.8, 4) is 5.75 Å². The van der Waals surface area contributed by atoms with Crippen LogP contribution in [-0.2, 0) is 0 Å². The number of hydrogen-bond acceptors (Lipinski definition) is 3. The SMILES string of the molecule is N[C@@H]1c2c(Br)cccc2OC[C@@H]1O. The molecule has 1 heterocycles. The summed E-state index contributed by atoms with van der Waals surface area (Å²) in [6.07, 6.45) is -0.619. The van der Waals surface area contributed by atoms with Crippen LogP contribution in [0.4, 0.5) is 0 Å². The quantitative estimate of drug-likeness (QED) is 0.721. The molecule has 0 aliphatic carbocycles. The second-order valence-electron chi connectivity index (χ2n) is 3.06. The Labute approximate surface area is 84.6 Å². The summed E-state index contributed by atoms with van der Waals surface area (Å²) in [4.78, 5) is 0. The fraction of sp³-hybridized carbons (Fsp3) is 0.333. The molecule has 4 heteroatoms. The molecule has 0 saturated heterocycles. The molecule has 0 saturated carbocycles.